The van der Waals surface area contributed by atoms with Crippen molar-refractivity contribution < 1.29 is 22.4 Å². The van der Waals surface area contributed by atoms with Crippen LogP contribution in [0.4, 0.5) is 10.1 Å². The van der Waals surface area contributed by atoms with Crippen molar-refractivity contribution in [1.29, 1.82) is 0 Å². The Kier molecular flexibility index (Phi) is 11.8. The second kappa shape index (κ2) is 15.6. The van der Waals surface area contributed by atoms with Gasteiger partial charge in [0.15, 0.2) is 0 Å². The van der Waals surface area contributed by atoms with Gasteiger partial charge < -0.3 is 10.2 Å². The van der Waals surface area contributed by atoms with Crippen molar-refractivity contribution in [2.75, 3.05) is 10.8 Å². The fraction of sp³-hybridized carbons (Fsp3) is 0.257. The zero-order valence-corrected chi connectivity index (χ0v) is 28.1. The summed E-state index contributed by atoms with van der Waals surface area (Å²) in [6, 6.07) is 24.1. The lowest BCUT2D eigenvalue weighted by molar-refractivity contribution is -0.140. The molecule has 0 saturated heterocycles. The summed E-state index contributed by atoms with van der Waals surface area (Å²) in [7, 11) is -4.43. The topological polar surface area (TPSA) is 86.8 Å². The Bertz CT molecular complexity index is 1770. The third kappa shape index (κ3) is 8.66. The molecule has 2 atom stereocenters. The van der Waals surface area contributed by atoms with E-state index in [0.717, 1.165) is 21.5 Å². The molecular weight excluding hydrogens is 648 g/mol. The normalized spacial score (nSPS) is 12.7. The Morgan fingerprint density at radius 2 is 1.57 bits per heavy atom. The second-order valence-corrected chi connectivity index (χ2v) is 13.8. The molecule has 11 heteroatoms. The molecule has 4 aromatic rings. The number of hydrogen-bond acceptors (Lipinski definition) is 4. The van der Waals surface area contributed by atoms with Crippen LogP contribution in [-0.4, -0.2) is 43.8 Å². The van der Waals surface area contributed by atoms with Crippen LogP contribution in [0, 0.1) is 12.7 Å². The maximum Gasteiger partial charge on any atom is 0.264 e. The van der Waals surface area contributed by atoms with E-state index in [0.29, 0.717) is 17.0 Å². The zero-order valence-electron chi connectivity index (χ0n) is 25.8. The van der Waals surface area contributed by atoms with Crippen molar-refractivity contribution in [3.05, 3.63) is 130 Å². The minimum atomic E-state index is -4.43. The molecule has 0 bridgehead atoms. The molecule has 0 heterocycles. The molecule has 4 rings (SSSR count). The molecule has 0 radical (unpaired) electrons. The Labute approximate surface area is 280 Å². The highest BCUT2D eigenvalue weighted by atomic mass is 35.5. The van der Waals surface area contributed by atoms with E-state index in [1.54, 1.807) is 24.3 Å². The maximum atomic E-state index is 15.3. The Morgan fingerprint density at radius 3 is 2.20 bits per heavy atom. The fourth-order valence-corrected chi connectivity index (χ4v) is 6.72. The third-order valence-corrected chi connectivity index (χ3v) is 10.00. The number of anilines is 1. The van der Waals surface area contributed by atoms with Gasteiger partial charge in [-0.1, -0.05) is 96.4 Å². The second-order valence-electron chi connectivity index (χ2n) is 11.1. The van der Waals surface area contributed by atoms with Crippen LogP contribution in [0.15, 0.2) is 102 Å². The highest BCUT2D eigenvalue weighted by Gasteiger charge is 2.36. The number of hydrogen-bond donors (Lipinski definition) is 1. The van der Waals surface area contributed by atoms with Gasteiger partial charge in [-0.3, -0.25) is 13.9 Å². The van der Waals surface area contributed by atoms with Gasteiger partial charge in [-0.25, -0.2) is 12.8 Å². The minimum Gasteiger partial charge on any atom is -0.352 e. The number of para-hydroxylation sites is 1. The lowest BCUT2D eigenvalue weighted by Gasteiger charge is -2.34. The molecule has 4 aromatic carbocycles. The predicted octanol–water partition coefficient (Wildman–Crippen LogP) is 7.19. The number of sulfonamides is 1. The van der Waals surface area contributed by atoms with Crippen LogP contribution in [0.25, 0.3) is 0 Å². The van der Waals surface area contributed by atoms with Gasteiger partial charge in [-0.15, -0.1) is 0 Å². The first-order valence-electron chi connectivity index (χ1n) is 14.8. The van der Waals surface area contributed by atoms with Crippen LogP contribution in [0.2, 0.25) is 10.0 Å². The number of rotatable bonds is 13. The van der Waals surface area contributed by atoms with Crippen molar-refractivity contribution in [3.63, 3.8) is 0 Å². The van der Waals surface area contributed by atoms with E-state index < -0.39 is 40.2 Å². The van der Waals surface area contributed by atoms with Gasteiger partial charge in [0.25, 0.3) is 10.0 Å². The molecule has 0 aliphatic carbocycles. The quantitative estimate of drug-likeness (QED) is 0.162. The van der Waals surface area contributed by atoms with Crippen LogP contribution < -0.4 is 9.62 Å². The lowest BCUT2D eigenvalue weighted by atomic mass is 10.0. The molecule has 242 valence electrons. The van der Waals surface area contributed by atoms with Crippen LogP contribution in [-0.2, 0) is 32.6 Å². The smallest absolute Gasteiger partial charge is 0.264 e. The molecule has 1 N–H and O–H groups in total. The number of nitrogens with one attached hydrogen (secondary N) is 1. The first-order valence-corrected chi connectivity index (χ1v) is 17.0. The van der Waals surface area contributed by atoms with Gasteiger partial charge in [0.1, 0.15) is 18.4 Å². The van der Waals surface area contributed by atoms with Crippen molar-refractivity contribution in [3.8, 4) is 0 Å². The molecule has 0 aliphatic heterocycles. The summed E-state index contributed by atoms with van der Waals surface area (Å²) < 4.78 is 44.1. The van der Waals surface area contributed by atoms with Crippen LogP contribution in [0.1, 0.15) is 37.0 Å². The largest absolute Gasteiger partial charge is 0.352 e. The summed E-state index contributed by atoms with van der Waals surface area (Å²) >= 11 is 12.7. The summed E-state index contributed by atoms with van der Waals surface area (Å²) in [6.07, 6.45) is 0.779. The molecule has 0 aromatic heterocycles. The number of carbonyl (C=O) groups excluding carboxylic acids is 2. The molecule has 46 heavy (non-hydrogen) atoms. The zero-order chi connectivity index (χ0) is 33.4. The lowest BCUT2D eigenvalue weighted by Crippen LogP contribution is -2.54. The summed E-state index contributed by atoms with van der Waals surface area (Å²) in [6.45, 7) is 4.66. The third-order valence-electron chi connectivity index (χ3n) is 7.64. The van der Waals surface area contributed by atoms with Crippen molar-refractivity contribution >= 4 is 50.7 Å². The predicted molar refractivity (Wildman–Crippen MR) is 181 cm³/mol. The Hall–Kier alpha value is -3.92. The number of carbonyl (C=O) groups is 2. The van der Waals surface area contributed by atoms with E-state index in [4.69, 9.17) is 23.2 Å². The number of amides is 2. The molecule has 0 aliphatic rings. The average Bonchev–Trinajstić information content (AvgIpc) is 3.03. The Morgan fingerprint density at radius 1 is 0.913 bits per heavy atom. The number of aryl methyl sites for hydroxylation is 1. The first-order chi connectivity index (χ1) is 21.9. The average molecular weight is 685 g/mol. The maximum absolute atomic E-state index is 15.3. The Balaban J connectivity index is 1.84. The van der Waals surface area contributed by atoms with Crippen LogP contribution >= 0.6 is 23.2 Å². The van der Waals surface area contributed by atoms with Gasteiger partial charge in [0, 0.05) is 29.1 Å². The number of benzene rings is 4. The molecule has 7 nitrogen and oxygen atoms in total. The van der Waals surface area contributed by atoms with E-state index in [1.807, 2.05) is 51.1 Å². The highest BCUT2D eigenvalue weighted by molar-refractivity contribution is 7.92. The van der Waals surface area contributed by atoms with Crippen LogP contribution in [0.3, 0.4) is 0 Å². The van der Waals surface area contributed by atoms with E-state index in [-0.39, 0.29) is 34.6 Å². The van der Waals surface area contributed by atoms with E-state index >= 15 is 4.39 Å². The number of halogens is 3. The standard InChI is InChI=1S/C35H36Cl2FN3O4S/c1-4-25(3)39-35(43)33(20-26-10-6-5-7-11-26)40(22-27-16-17-28(36)21-30(27)37)34(42)23-41(32-13-9-8-12-31(32)38)46(44,45)29-18-14-24(2)15-19-29/h5-19,21,25,33H,4,20,22-23H2,1-3H3,(H,39,43)/t25-,33+/m1/s1. The van der Waals surface area contributed by atoms with E-state index in [9.17, 15) is 18.0 Å². The van der Waals surface area contributed by atoms with Crippen molar-refractivity contribution in [2.24, 2.45) is 0 Å². The SMILES string of the molecule is CC[C@@H](C)NC(=O)[C@H](Cc1ccccc1)N(Cc1ccc(Cl)cc1Cl)C(=O)CN(c1ccccc1F)S(=O)(=O)c1ccc(C)cc1. The van der Waals surface area contributed by atoms with Crippen molar-refractivity contribution in [1.82, 2.24) is 10.2 Å². The van der Waals surface area contributed by atoms with E-state index in [2.05, 4.69) is 5.32 Å². The summed E-state index contributed by atoms with van der Waals surface area (Å²) in [5.74, 6) is -1.98. The van der Waals surface area contributed by atoms with Gasteiger partial charge >= 0.3 is 0 Å². The molecule has 0 saturated carbocycles. The van der Waals surface area contributed by atoms with Crippen molar-refractivity contribution in [2.45, 2.75) is 57.1 Å². The summed E-state index contributed by atoms with van der Waals surface area (Å²) in [5.41, 5.74) is 1.80. The van der Waals surface area contributed by atoms with Crippen LogP contribution in [0.5, 0.6) is 0 Å². The molecule has 0 spiro atoms. The molecule has 2 amide bonds. The minimum absolute atomic E-state index is 0.114. The van der Waals surface area contributed by atoms with Gasteiger partial charge in [0.05, 0.1) is 10.6 Å². The summed E-state index contributed by atoms with van der Waals surface area (Å²) in [5, 5.41) is 3.63. The fourth-order valence-electron chi connectivity index (χ4n) is 4.83. The van der Waals surface area contributed by atoms with Gasteiger partial charge in [-0.05, 0) is 67.8 Å². The van der Waals surface area contributed by atoms with E-state index in [1.165, 1.54) is 41.3 Å². The molecule has 0 fully saturated rings. The molecular formula is C35H36Cl2FN3O4S. The molecule has 0 unspecified atom stereocenters. The number of nitrogens with zero attached hydrogens (tertiary/aromatic N) is 2. The highest BCUT2D eigenvalue weighted by Crippen LogP contribution is 2.29. The first kappa shape index (κ1) is 34.9. The van der Waals surface area contributed by atoms with Gasteiger partial charge in [0.2, 0.25) is 11.8 Å². The van der Waals surface area contributed by atoms with Gasteiger partial charge in [-0.2, -0.15) is 0 Å². The summed E-state index contributed by atoms with van der Waals surface area (Å²) in [4.78, 5) is 29.6. The monoisotopic (exact) mass is 683 g/mol.